The lowest BCUT2D eigenvalue weighted by atomic mass is 10.1. The lowest BCUT2D eigenvalue weighted by Gasteiger charge is -2.32. The van der Waals surface area contributed by atoms with Crippen molar-refractivity contribution in [3.05, 3.63) is 30.0 Å². The fourth-order valence-corrected chi connectivity index (χ4v) is 2.95. The number of rotatable bonds is 2. The molecule has 2 heterocycles. The highest BCUT2D eigenvalue weighted by molar-refractivity contribution is 5.93. The Morgan fingerprint density at radius 2 is 1.84 bits per heavy atom. The molecule has 0 spiro atoms. The minimum Gasteiger partial charge on any atom is -0.397 e. The van der Waals surface area contributed by atoms with Crippen molar-refractivity contribution in [2.24, 2.45) is 7.05 Å². The number of anilines is 1. The largest absolute Gasteiger partial charge is 0.397 e. The van der Waals surface area contributed by atoms with Gasteiger partial charge in [-0.1, -0.05) is 12.1 Å². The van der Waals surface area contributed by atoms with E-state index in [4.69, 9.17) is 5.73 Å². The fourth-order valence-electron chi connectivity index (χ4n) is 2.95. The third kappa shape index (κ3) is 2.33. The summed E-state index contributed by atoms with van der Waals surface area (Å²) >= 11 is 0. The van der Waals surface area contributed by atoms with E-state index in [1.54, 1.807) is 0 Å². The highest BCUT2D eigenvalue weighted by Gasteiger charge is 2.16. The average Bonchev–Trinajstić information content (AvgIpc) is 2.70. The first-order valence-electron chi connectivity index (χ1n) is 6.88. The van der Waals surface area contributed by atoms with Gasteiger partial charge in [-0.05, 0) is 18.7 Å². The van der Waals surface area contributed by atoms with Crippen molar-refractivity contribution < 1.29 is 0 Å². The summed E-state index contributed by atoms with van der Waals surface area (Å²) in [5.74, 6) is 0. The summed E-state index contributed by atoms with van der Waals surface area (Å²) in [5.41, 5.74) is 9.49. The van der Waals surface area contributed by atoms with Crippen molar-refractivity contribution in [2.45, 2.75) is 6.54 Å². The van der Waals surface area contributed by atoms with E-state index >= 15 is 0 Å². The smallest absolute Gasteiger partial charge is 0.0714 e. The van der Waals surface area contributed by atoms with Gasteiger partial charge in [-0.25, -0.2) is 0 Å². The number of nitrogens with zero attached hydrogens (tertiary/aromatic N) is 3. The number of aromatic nitrogens is 1. The lowest BCUT2D eigenvalue weighted by molar-refractivity contribution is 0.148. The summed E-state index contributed by atoms with van der Waals surface area (Å²) in [6, 6.07) is 6.20. The van der Waals surface area contributed by atoms with Crippen LogP contribution in [0.2, 0.25) is 0 Å². The molecule has 2 N–H and O–H groups in total. The third-order valence-electron chi connectivity index (χ3n) is 4.11. The Morgan fingerprint density at radius 3 is 2.58 bits per heavy atom. The maximum Gasteiger partial charge on any atom is 0.0714 e. The van der Waals surface area contributed by atoms with E-state index in [0.717, 1.165) is 43.9 Å². The molecule has 0 amide bonds. The number of piperazine rings is 1. The quantitative estimate of drug-likeness (QED) is 0.830. The zero-order chi connectivity index (χ0) is 13.4. The van der Waals surface area contributed by atoms with E-state index in [1.165, 1.54) is 10.9 Å². The molecule has 1 aliphatic rings. The van der Waals surface area contributed by atoms with E-state index in [2.05, 4.69) is 40.7 Å². The van der Waals surface area contributed by atoms with Crippen molar-refractivity contribution in [3.63, 3.8) is 0 Å². The van der Waals surface area contributed by atoms with E-state index in [-0.39, 0.29) is 0 Å². The first kappa shape index (κ1) is 12.5. The number of hydrogen-bond donors (Lipinski definition) is 1. The summed E-state index contributed by atoms with van der Waals surface area (Å²) < 4.78 is 2.15. The molecule has 0 bridgehead atoms. The van der Waals surface area contributed by atoms with Gasteiger partial charge >= 0.3 is 0 Å². The van der Waals surface area contributed by atoms with Gasteiger partial charge in [0.2, 0.25) is 0 Å². The van der Waals surface area contributed by atoms with E-state index in [9.17, 15) is 0 Å². The minimum atomic E-state index is 0.865. The minimum absolute atomic E-state index is 0.865. The number of para-hydroxylation sites is 1. The van der Waals surface area contributed by atoms with Crippen LogP contribution in [0, 0.1) is 0 Å². The van der Waals surface area contributed by atoms with Gasteiger partial charge in [0.05, 0.1) is 11.2 Å². The fraction of sp³-hybridized carbons (Fsp3) is 0.467. The van der Waals surface area contributed by atoms with Crippen LogP contribution in [0.4, 0.5) is 5.69 Å². The molecular formula is C15H22N4. The number of hydrogen-bond acceptors (Lipinski definition) is 3. The Morgan fingerprint density at radius 1 is 1.11 bits per heavy atom. The predicted molar refractivity (Wildman–Crippen MR) is 80.1 cm³/mol. The molecule has 0 radical (unpaired) electrons. The zero-order valence-electron chi connectivity index (χ0n) is 11.8. The zero-order valence-corrected chi connectivity index (χ0v) is 11.8. The summed E-state index contributed by atoms with van der Waals surface area (Å²) in [7, 11) is 4.27. The van der Waals surface area contributed by atoms with Gasteiger partial charge < -0.3 is 15.2 Å². The van der Waals surface area contributed by atoms with Crippen molar-refractivity contribution in [1.82, 2.24) is 14.4 Å². The number of likely N-dealkylation sites (N-methyl/N-ethyl adjacent to an activating group) is 1. The summed E-state index contributed by atoms with van der Waals surface area (Å²) in [6.07, 6.45) is 2.22. The summed E-state index contributed by atoms with van der Waals surface area (Å²) in [4.78, 5) is 4.91. The highest BCUT2D eigenvalue weighted by atomic mass is 15.2. The van der Waals surface area contributed by atoms with Gasteiger partial charge in [0.1, 0.15) is 0 Å². The third-order valence-corrected chi connectivity index (χ3v) is 4.11. The number of benzene rings is 1. The van der Waals surface area contributed by atoms with Crippen LogP contribution in [0.15, 0.2) is 24.4 Å². The Hall–Kier alpha value is -1.52. The second-order valence-electron chi connectivity index (χ2n) is 5.59. The first-order chi connectivity index (χ1) is 9.15. The molecule has 0 saturated carbocycles. The van der Waals surface area contributed by atoms with Crippen LogP contribution >= 0.6 is 0 Å². The second-order valence-corrected chi connectivity index (χ2v) is 5.59. The van der Waals surface area contributed by atoms with Crippen molar-refractivity contribution in [2.75, 3.05) is 39.0 Å². The van der Waals surface area contributed by atoms with Gasteiger partial charge in [0.25, 0.3) is 0 Å². The van der Waals surface area contributed by atoms with Gasteiger partial charge in [-0.2, -0.15) is 0 Å². The van der Waals surface area contributed by atoms with Crippen LogP contribution in [0.25, 0.3) is 10.9 Å². The molecule has 3 rings (SSSR count). The van der Waals surface area contributed by atoms with Crippen LogP contribution in [0.3, 0.4) is 0 Å². The highest BCUT2D eigenvalue weighted by Crippen LogP contribution is 2.26. The number of nitrogen functional groups attached to an aromatic ring is 1. The van der Waals surface area contributed by atoms with E-state index in [0.29, 0.717) is 0 Å². The molecule has 1 fully saturated rings. The van der Waals surface area contributed by atoms with Crippen LogP contribution in [-0.4, -0.2) is 47.6 Å². The predicted octanol–water partition coefficient (Wildman–Crippen LogP) is 1.51. The topological polar surface area (TPSA) is 37.4 Å². The standard InChI is InChI=1S/C15H22N4/c1-17-6-8-19(9-7-17)11-12-10-18(2)15-13(12)4-3-5-14(15)16/h3-5,10H,6-9,11,16H2,1-2H3. The van der Waals surface area contributed by atoms with Crippen LogP contribution in [0.1, 0.15) is 5.56 Å². The number of fused-ring (bicyclic) bond motifs is 1. The van der Waals surface area contributed by atoms with Gasteiger partial charge in [-0.3, -0.25) is 4.90 Å². The maximum absolute atomic E-state index is 6.08. The molecule has 0 unspecified atom stereocenters. The van der Waals surface area contributed by atoms with E-state index in [1.807, 2.05) is 12.1 Å². The van der Waals surface area contributed by atoms with Gasteiger partial charge in [0, 0.05) is 51.4 Å². The van der Waals surface area contributed by atoms with Gasteiger partial charge in [-0.15, -0.1) is 0 Å². The molecule has 0 atom stereocenters. The normalized spacial score (nSPS) is 18.2. The molecule has 2 aromatic rings. The molecule has 1 aromatic carbocycles. The molecule has 4 nitrogen and oxygen atoms in total. The average molecular weight is 258 g/mol. The Balaban J connectivity index is 1.87. The molecule has 0 aliphatic carbocycles. The molecule has 1 saturated heterocycles. The molecule has 1 aromatic heterocycles. The summed E-state index contributed by atoms with van der Waals surface area (Å²) in [6.45, 7) is 5.64. The molecule has 4 heteroatoms. The monoisotopic (exact) mass is 258 g/mol. The van der Waals surface area contributed by atoms with Crippen molar-refractivity contribution in [1.29, 1.82) is 0 Å². The second kappa shape index (κ2) is 4.87. The Kier molecular flexibility index (Phi) is 3.21. The maximum atomic E-state index is 6.08. The van der Waals surface area contributed by atoms with Crippen LogP contribution in [0.5, 0.6) is 0 Å². The molecule has 19 heavy (non-hydrogen) atoms. The van der Waals surface area contributed by atoms with Crippen molar-refractivity contribution in [3.8, 4) is 0 Å². The van der Waals surface area contributed by atoms with Crippen molar-refractivity contribution >= 4 is 16.6 Å². The molecule has 1 aliphatic heterocycles. The lowest BCUT2D eigenvalue weighted by Crippen LogP contribution is -2.43. The summed E-state index contributed by atoms with van der Waals surface area (Å²) in [5, 5.41) is 1.29. The van der Waals surface area contributed by atoms with Gasteiger partial charge in [0.15, 0.2) is 0 Å². The Bertz CT molecular complexity index is 579. The van der Waals surface area contributed by atoms with Crippen LogP contribution in [-0.2, 0) is 13.6 Å². The number of aryl methyl sites for hydroxylation is 1. The first-order valence-corrected chi connectivity index (χ1v) is 6.88. The SMILES string of the molecule is CN1CCN(Cc2cn(C)c3c(N)cccc23)CC1. The molecule has 102 valence electrons. The molecular weight excluding hydrogens is 236 g/mol. The Labute approximate surface area is 114 Å². The van der Waals surface area contributed by atoms with Crippen LogP contribution < -0.4 is 5.73 Å². The number of nitrogens with two attached hydrogens (primary N) is 1. The van der Waals surface area contributed by atoms with E-state index < -0.39 is 0 Å².